The largest absolute Gasteiger partial charge is 0.469 e. The van der Waals surface area contributed by atoms with E-state index in [0.29, 0.717) is 12.8 Å². The quantitative estimate of drug-likeness (QED) is 0.855. The molecule has 0 spiro atoms. The first-order valence-electron chi connectivity index (χ1n) is 7.62. The van der Waals surface area contributed by atoms with Crippen LogP contribution in [0, 0.1) is 0 Å². The lowest BCUT2D eigenvalue weighted by Crippen LogP contribution is -2.34. The highest BCUT2D eigenvalue weighted by Crippen LogP contribution is 2.13. The molecule has 0 aliphatic rings. The van der Waals surface area contributed by atoms with E-state index in [1.54, 1.807) is 6.26 Å². The first kappa shape index (κ1) is 16.1. The third-order valence-corrected chi connectivity index (χ3v) is 3.58. The fourth-order valence-corrected chi connectivity index (χ4v) is 2.37. The molecule has 1 heterocycles. The fraction of sp³-hybridized carbons (Fsp3) is 0.389. The number of hydrogen-bond donors (Lipinski definition) is 1. The Balaban J connectivity index is 1.76. The van der Waals surface area contributed by atoms with Crippen molar-refractivity contribution in [3.8, 4) is 0 Å². The van der Waals surface area contributed by atoms with Crippen molar-refractivity contribution in [2.45, 2.75) is 32.2 Å². The summed E-state index contributed by atoms with van der Waals surface area (Å²) in [4.78, 5) is 14.0. The van der Waals surface area contributed by atoms with Crippen LogP contribution in [0.25, 0.3) is 0 Å². The maximum Gasteiger partial charge on any atom is 0.220 e. The highest BCUT2D eigenvalue weighted by atomic mass is 16.3. The van der Waals surface area contributed by atoms with Gasteiger partial charge >= 0.3 is 0 Å². The average Bonchev–Trinajstić information content (AvgIpc) is 2.99. The zero-order valence-corrected chi connectivity index (χ0v) is 13.5. The van der Waals surface area contributed by atoms with Crippen LogP contribution in [-0.4, -0.2) is 26.0 Å². The van der Waals surface area contributed by atoms with Gasteiger partial charge in [-0.25, -0.2) is 0 Å². The molecular weight excluding hydrogens is 276 g/mol. The fourth-order valence-electron chi connectivity index (χ4n) is 2.37. The number of nitrogens with zero attached hydrogens (tertiary/aromatic N) is 1. The van der Waals surface area contributed by atoms with Crippen LogP contribution in [0.15, 0.2) is 47.1 Å². The third kappa shape index (κ3) is 4.95. The lowest BCUT2D eigenvalue weighted by Gasteiger charge is -2.16. The minimum absolute atomic E-state index is 0.0637. The summed E-state index contributed by atoms with van der Waals surface area (Å²) in [5, 5.41) is 3.04. The Labute approximate surface area is 132 Å². The molecule has 2 aromatic rings. The predicted octanol–water partition coefficient (Wildman–Crippen LogP) is 3.03. The minimum atomic E-state index is 0.0637. The van der Waals surface area contributed by atoms with Crippen molar-refractivity contribution in [3.05, 3.63) is 54.0 Å². The number of carbonyl (C=O) groups is 1. The van der Waals surface area contributed by atoms with Crippen LogP contribution in [0.4, 0.5) is 5.69 Å². The summed E-state index contributed by atoms with van der Waals surface area (Å²) in [6.45, 7) is 2.03. The van der Waals surface area contributed by atoms with E-state index in [4.69, 9.17) is 4.42 Å². The molecule has 1 aromatic carbocycles. The van der Waals surface area contributed by atoms with Crippen molar-refractivity contribution in [1.82, 2.24) is 5.32 Å². The Morgan fingerprint density at radius 1 is 1.23 bits per heavy atom. The molecule has 1 aromatic heterocycles. The van der Waals surface area contributed by atoms with Crippen molar-refractivity contribution in [3.63, 3.8) is 0 Å². The third-order valence-electron chi connectivity index (χ3n) is 3.58. The molecule has 1 atom stereocenters. The Hall–Kier alpha value is -2.23. The van der Waals surface area contributed by atoms with Crippen molar-refractivity contribution in [1.29, 1.82) is 0 Å². The summed E-state index contributed by atoms with van der Waals surface area (Å²) in [6.07, 6.45) is 3.56. The maximum absolute atomic E-state index is 11.9. The average molecular weight is 300 g/mol. The first-order chi connectivity index (χ1) is 10.5. The first-order valence-corrected chi connectivity index (χ1v) is 7.62. The van der Waals surface area contributed by atoms with Crippen molar-refractivity contribution in [2.75, 3.05) is 19.0 Å². The molecule has 1 amide bonds. The van der Waals surface area contributed by atoms with Crippen LogP contribution in [0.3, 0.4) is 0 Å². The molecular formula is C18H24N2O2. The summed E-state index contributed by atoms with van der Waals surface area (Å²) >= 11 is 0. The van der Waals surface area contributed by atoms with Gasteiger partial charge in [-0.2, -0.15) is 0 Å². The highest BCUT2D eigenvalue weighted by Gasteiger charge is 2.09. The number of aryl methyl sites for hydroxylation is 1. The van der Waals surface area contributed by atoms with Gasteiger partial charge in [0.2, 0.25) is 5.91 Å². The summed E-state index contributed by atoms with van der Waals surface area (Å²) in [6, 6.07) is 12.3. The molecule has 0 fully saturated rings. The van der Waals surface area contributed by atoms with E-state index in [-0.39, 0.29) is 11.9 Å². The van der Waals surface area contributed by atoms with E-state index in [0.717, 1.165) is 12.2 Å². The van der Waals surface area contributed by atoms with E-state index in [1.165, 1.54) is 11.3 Å². The number of furan rings is 1. The lowest BCUT2D eigenvalue weighted by molar-refractivity contribution is -0.121. The van der Waals surface area contributed by atoms with E-state index >= 15 is 0 Å². The van der Waals surface area contributed by atoms with Crippen molar-refractivity contribution in [2.24, 2.45) is 0 Å². The van der Waals surface area contributed by atoms with Gasteiger partial charge in [-0.15, -0.1) is 0 Å². The monoisotopic (exact) mass is 300 g/mol. The number of rotatable bonds is 7. The smallest absolute Gasteiger partial charge is 0.220 e. The molecule has 0 bridgehead atoms. The van der Waals surface area contributed by atoms with E-state index < -0.39 is 0 Å². The molecule has 4 heteroatoms. The number of amides is 1. The zero-order valence-electron chi connectivity index (χ0n) is 13.5. The van der Waals surface area contributed by atoms with Crippen molar-refractivity contribution < 1.29 is 9.21 Å². The van der Waals surface area contributed by atoms with Gasteiger partial charge in [0.25, 0.3) is 0 Å². The molecule has 1 N–H and O–H groups in total. The lowest BCUT2D eigenvalue weighted by atomic mass is 10.1. The maximum atomic E-state index is 11.9. The molecule has 0 radical (unpaired) electrons. The molecule has 0 aliphatic carbocycles. The Kier molecular flexibility index (Phi) is 5.64. The van der Waals surface area contributed by atoms with Gasteiger partial charge in [0.15, 0.2) is 0 Å². The van der Waals surface area contributed by atoms with E-state index in [9.17, 15) is 4.79 Å². The zero-order chi connectivity index (χ0) is 15.9. The molecule has 0 saturated heterocycles. The van der Waals surface area contributed by atoms with Gasteiger partial charge in [-0.05, 0) is 43.2 Å². The standard InChI is InChI=1S/C18H24N2O2/c1-14(13-15-6-8-16(9-7-15)20(2)3)19-18(21)11-10-17-5-4-12-22-17/h4-9,12,14H,10-11,13H2,1-3H3,(H,19,21)/t14-/m1/s1. The van der Waals surface area contributed by atoms with Gasteiger partial charge in [-0.3, -0.25) is 4.79 Å². The van der Waals surface area contributed by atoms with Gasteiger partial charge in [0.05, 0.1) is 6.26 Å². The number of hydrogen-bond acceptors (Lipinski definition) is 3. The van der Waals surface area contributed by atoms with Crippen LogP contribution in [0.2, 0.25) is 0 Å². The second kappa shape index (κ2) is 7.69. The molecule has 0 aliphatic heterocycles. The van der Waals surface area contributed by atoms with Crippen LogP contribution >= 0.6 is 0 Å². The number of benzene rings is 1. The van der Waals surface area contributed by atoms with Crippen LogP contribution in [0.5, 0.6) is 0 Å². The second-order valence-corrected chi connectivity index (χ2v) is 5.81. The molecule has 2 rings (SSSR count). The van der Waals surface area contributed by atoms with Crippen LogP contribution < -0.4 is 10.2 Å². The number of carbonyl (C=O) groups excluding carboxylic acids is 1. The van der Waals surface area contributed by atoms with E-state index in [2.05, 4.69) is 34.5 Å². The molecule has 0 unspecified atom stereocenters. The Bertz CT molecular complexity index is 574. The Morgan fingerprint density at radius 2 is 1.95 bits per heavy atom. The van der Waals surface area contributed by atoms with Crippen LogP contribution in [-0.2, 0) is 17.6 Å². The summed E-state index contributed by atoms with van der Waals surface area (Å²) in [5.74, 6) is 0.913. The minimum Gasteiger partial charge on any atom is -0.469 e. The molecule has 0 saturated carbocycles. The second-order valence-electron chi connectivity index (χ2n) is 5.81. The highest BCUT2D eigenvalue weighted by molar-refractivity contribution is 5.76. The Morgan fingerprint density at radius 3 is 2.55 bits per heavy atom. The normalized spacial score (nSPS) is 12.0. The van der Waals surface area contributed by atoms with Gasteiger partial charge in [-0.1, -0.05) is 12.1 Å². The van der Waals surface area contributed by atoms with Gasteiger partial charge < -0.3 is 14.6 Å². The summed E-state index contributed by atoms with van der Waals surface area (Å²) in [7, 11) is 4.05. The van der Waals surface area contributed by atoms with E-state index in [1.807, 2.05) is 33.2 Å². The molecule has 4 nitrogen and oxygen atoms in total. The number of anilines is 1. The van der Waals surface area contributed by atoms with Gasteiger partial charge in [0.1, 0.15) is 5.76 Å². The molecule has 118 valence electrons. The SMILES string of the molecule is C[C@H](Cc1ccc(N(C)C)cc1)NC(=O)CCc1ccco1. The molecule has 22 heavy (non-hydrogen) atoms. The van der Waals surface area contributed by atoms with Gasteiger partial charge in [0, 0.05) is 38.7 Å². The van der Waals surface area contributed by atoms with Crippen molar-refractivity contribution >= 4 is 11.6 Å². The number of nitrogens with one attached hydrogen (secondary N) is 1. The topological polar surface area (TPSA) is 45.5 Å². The van der Waals surface area contributed by atoms with Crippen LogP contribution in [0.1, 0.15) is 24.7 Å². The summed E-state index contributed by atoms with van der Waals surface area (Å²) < 4.78 is 5.23. The predicted molar refractivity (Wildman–Crippen MR) is 89.1 cm³/mol. The summed E-state index contributed by atoms with van der Waals surface area (Å²) in [5.41, 5.74) is 2.41.